The van der Waals surface area contributed by atoms with E-state index < -0.39 is 0 Å². The summed E-state index contributed by atoms with van der Waals surface area (Å²) >= 11 is 1.53. The summed E-state index contributed by atoms with van der Waals surface area (Å²) < 4.78 is 0. The molecule has 0 aliphatic heterocycles. The van der Waals surface area contributed by atoms with Crippen LogP contribution in [0.5, 0.6) is 0 Å². The summed E-state index contributed by atoms with van der Waals surface area (Å²) in [7, 11) is 0. The Morgan fingerprint density at radius 3 is 2.89 bits per heavy atom. The smallest absolute Gasteiger partial charge is 0.234 e. The van der Waals surface area contributed by atoms with Crippen LogP contribution < -0.4 is 11.1 Å². The highest BCUT2D eigenvalue weighted by Crippen LogP contribution is 2.18. The van der Waals surface area contributed by atoms with Crippen molar-refractivity contribution >= 4 is 29.0 Å². The molecule has 1 aromatic rings. The van der Waals surface area contributed by atoms with Crippen LogP contribution in [0.15, 0.2) is 18.2 Å². The molecule has 100 valence electrons. The van der Waals surface area contributed by atoms with Crippen molar-refractivity contribution < 1.29 is 9.90 Å². The van der Waals surface area contributed by atoms with Crippen LogP contribution in [0.3, 0.4) is 0 Å². The largest absolute Gasteiger partial charge is 0.398 e. The minimum absolute atomic E-state index is 0.0481. The highest BCUT2D eigenvalue weighted by atomic mass is 32.2. The number of nitrogens with two attached hydrogens (primary N) is 1. The third-order valence-electron chi connectivity index (χ3n) is 2.60. The van der Waals surface area contributed by atoms with Gasteiger partial charge in [-0.3, -0.25) is 4.79 Å². The SMILES string of the molecule is Cc1ccc(NC(=O)CSC(C)CCO)cc1N. The maximum atomic E-state index is 11.7. The summed E-state index contributed by atoms with van der Waals surface area (Å²) in [5, 5.41) is 11.9. The van der Waals surface area contributed by atoms with Crippen LogP contribution in [0.2, 0.25) is 0 Å². The number of rotatable bonds is 6. The van der Waals surface area contributed by atoms with Crippen LogP contribution in [-0.2, 0) is 4.79 Å². The summed E-state index contributed by atoms with van der Waals surface area (Å²) in [5.41, 5.74) is 8.17. The average Bonchev–Trinajstić information content (AvgIpc) is 2.32. The topological polar surface area (TPSA) is 75.3 Å². The Hall–Kier alpha value is -1.20. The zero-order valence-corrected chi connectivity index (χ0v) is 11.6. The minimum atomic E-state index is -0.0481. The zero-order valence-electron chi connectivity index (χ0n) is 10.8. The molecule has 0 bridgehead atoms. The Bertz CT molecular complexity index is 410. The molecule has 18 heavy (non-hydrogen) atoms. The number of nitrogen functional groups attached to an aromatic ring is 1. The Morgan fingerprint density at radius 2 is 2.28 bits per heavy atom. The zero-order chi connectivity index (χ0) is 13.5. The molecule has 0 saturated heterocycles. The number of benzene rings is 1. The maximum Gasteiger partial charge on any atom is 0.234 e. The van der Waals surface area contributed by atoms with Gasteiger partial charge in [-0.25, -0.2) is 0 Å². The van der Waals surface area contributed by atoms with Crippen LogP contribution in [0.25, 0.3) is 0 Å². The van der Waals surface area contributed by atoms with E-state index in [0.717, 1.165) is 11.3 Å². The van der Waals surface area contributed by atoms with E-state index >= 15 is 0 Å². The first kappa shape index (κ1) is 14.9. The Labute approximate surface area is 112 Å². The Morgan fingerprint density at radius 1 is 1.56 bits per heavy atom. The van der Waals surface area contributed by atoms with Crippen molar-refractivity contribution in [2.24, 2.45) is 0 Å². The van der Waals surface area contributed by atoms with Gasteiger partial charge in [0.15, 0.2) is 0 Å². The van der Waals surface area contributed by atoms with E-state index in [9.17, 15) is 4.79 Å². The fourth-order valence-corrected chi connectivity index (χ4v) is 2.18. The monoisotopic (exact) mass is 268 g/mol. The second-order valence-electron chi connectivity index (χ2n) is 4.25. The van der Waals surface area contributed by atoms with Crippen molar-refractivity contribution in [3.05, 3.63) is 23.8 Å². The first-order chi connectivity index (χ1) is 8.52. The van der Waals surface area contributed by atoms with Gasteiger partial charge in [0.05, 0.1) is 5.75 Å². The normalized spacial score (nSPS) is 12.2. The fourth-order valence-electron chi connectivity index (χ4n) is 1.40. The molecular weight excluding hydrogens is 248 g/mol. The lowest BCUT2D eigenvalue weighted by atomic mass is 10.2. The fraction of sp³-hybridized carbons (Fsp3) is 0.462. The van der Waals surface area contributed by atoms with E-state index in [0.29, 0.717) is 17.9 Å². The second kappa shape index (κ2) is 7.28. The van der Waals surface area contributed by atoms with Crippen LogP contribution in [0, 0.1) is 6.92 Å². The number of thioether (sulfide) groups is 1. The predicted molar refractivity (Wildman–Crippen MR) is 77.8 cm³/mol. The third-order valence-corrected chi connectivity index (χ3v) is 3.83. The first-order valence-corrected chi connectivity index (χ1v) is 6.96. The average molecular weight is 268 g/mol. The molecule has 0 fully saturated rings. The van der Waals surface area contributed by atoms with Crippen molar-refractivity contribution in [1.29, 1.82) is 0 Å². The molecule has 0 saturated carbocycles. The molecule has 1 aromatic carbocycles. The van der Waals surface area contributed by atoms with Crippen molar-refractivity contribution in [1.82, 2.24) is 0 Å². The molecular formula is C13H20N2O2S. The third kappa shape index (κ3) is 4.98. The molecule has 0 heterocycles. The number of carbonyl (C=O) groups is 1. The van der Waals surface area contributed by atoms with Crippen molar-refractivity contribution in [3.63, 3.8) is 0 Å². The number of anilines is 2. The second-order valence-corrected chi connectivity index (χ2v) is 5.68. The Kier molecular flexibility index (Phi) is 6.01. The van der Waals surface area contributed by atoms with Gasteiger partial charge in [-0.2, -0.15) is 0 Å². The molecule has 0 aromatic heterocycles. The standard InChI is InChI=1S/C13H20N2O2S/c1-9-3-4-11(7-12(9)14)15-13(17)8-18-10(2)5-6-16/h3-4,7,10,16H,5-6,8,14H2,1-2H3,(H,15,17). The molecule has 1 rings (SSSR count). The molecule has 0 spiro atoms. The predicted octanol–water partition coefficient (Wildman–Crippen LogP) is 2.02. The van der Waals surface area contributed by atoms with E-state index in [1.807, 2.05) is 26.0 Å². The molecule has 1 amide bonds. The molecule has 0 aliphatic rings. The van der Waals surface area contributed by atoms with E-state index in [1.54, 1.807) is 6.07 Å². The lowest BCUT2D eigenvalue weighted by Gasteiger charge is -2.10. The molecule has 0 radical (unpaired) electrons. The molecule has 0 aliphatic carbocycles. The van der Waals surface area contributed by atoms with E-state index in [1.165, 1.54) is 11.8 Å². The summed E-state index contributed by atoms with van der Waals surface area (Å²) in [6, 6.07) is 5.48. The van der Waals surface area contributed by atoms with Gasteiger partial charge in [-0.05, 0) is 31.0 Å². The number of aliphatic hydroxyl groups is 1. The van der Waals surface area contributed by atoms with Gasteiger partial charge >= 0.3 is 0 Å². The highest BCUT2D eigenvalue weighted by molar-refractivity contribution is 8.00. The number of aliphatic hydroxyl groups excluding tert-OH is 1. The van der Waals surface area contributed by atoms with Gasteiger partial charge in [0, 0.05) is 23.2 Å². The summed E-state index contributed by atoms with van der Waals surface area (Å²) in [6.07, 6.45) is 0.704. The van der Waals surface area contributed by atoms with Crippen LogP contribution in [0.4, 0.5) is 11.4 Å². The number of amides is 1. The van der Waals surface area contributed by atoms with Crippen molar-refractivity contribution in [2.75, 3.05) is 23.4 Å². The summed E-state index contributed by atoms with van der Waals surface area (Å²) in [5.74, 6) is 0.336. The first-order valence-electron chi connectivity index (χ1n) is 5.91. The minimum Gasteiger partial charge on any atom is -0.398 e. The van der Waals surface area contributed by atoms with Gasteiger partial charge in [0.1, 0.15) is 0 Å². The number of aryl methyl sites for hydroxylation is 1. The number of carbonyl (C=O) groups excluding carboxylic acids is 1. The number of hydrogen-bond acceptors (Lipinski definition) is 4. The van der Waals surface area contributed by atoms with Crippen molar-refractivity contribution in [2.45, 2.75) is 25.5 Å². The van der Waals surface area contributed by atoms with Gasteiger partial charge in [-0.15, -0.1) is 11.8 Å². The summed E-state index contributed by atoms with van der Waals surface area (Å²) in [4.78, 5) is 11.7. The lowest BCUT2D eigenvalue weighted by molar-refractivity contribution is -0.113. The molecule has 1 unspecified atom stereocenters. The van der Waals surface area contributed by atoms with Crippen LogP contribution in [-0.4, -0.2) is 28.6 Å². The van der Waals surface area contributed by atoms with Crippen LogP contribution in [0.1, 0.15) is 18.9 Å². The van der Waals surface area contributed by atoms with Gasteiger partial charge in [-0.1, -0.05) is 13.0 Å². The van der Waals surface area contributed by atoms with Crippen molar-refractivity contribution in [3.8, 4) is 0 Å². The van der Waals surface area contributed by atoms with Gasteiger partial charge < -0.3 is 16.2 Å². The molecule has 5 heteroatoms. The Balaban J connectivity index is 2.42. The molecule has 4 N–H and O–H groups in total. The van der Waals surface area contributed by atoms with Gasteiger partial charge in [0.25, 0.3) is 0 Å². The number of nitrogens with one attached hydrogen (secondary N) is 1. The van der Waals surface area contributed by atoms with E-state index in [-0.39, 0.29) is 17.8 Å². The van der Waals surface area contributed by atoms with E-state index in [2.05, 4.69) is 5.32 Å². The van der Waals surface area contributed by atoms with Crippen LogP contribution >= 0.6 is 11.8 Å². The van der Waals surface area contributed by atoms with Gasteiger partial charge in [0.2, 0.25) is 5.91 Å². The molecule has 1 atom stereocenters. The van der Waals surface area contributed by atoms with E-state index in [4.69, 9.17) is 10.8 Å². The highest BCUT2D eigenvalue weighted by Gasteiger charge is 2.07. The maximum absolute atomic E-state index is 11.7. The quantitative estimate of drug-likeness (QED) is 0.690. The summed E-state index contributed by atoms with van der Waals surface area (Å²) in [6.45, 7) is 4.08. The molecule has 4 nitrogen and oxygen atoms in total. The lowest BCUT2D eigenvalue weighted by Crippen LogP contribution is -2.16. The number of hydrogen-bond donors (Lipinski definition) is 3.